The van der Waals surface area contributed by atoms with Crippen molar-refractivity contribution >= 4 is 16.0 Å². The van der Waals surface area contributed by atoms with Gasteiger partial charge in [0.25, 0.3) is 0 Å². The molecule has 0 saturated carbocycles. The Morgan fingerprint density at radius 3 is 2.65 bits per heavy atom. The van der Waals surface area contributed by atoms with E-state index in [-0.39, 0.29) is 18.0 Å². The number of aliphatic carboxylic acids is 1. The normalized spacial score (nSPS) is 20.0. The van der Waals surface area contributed by atoms with E-state index >= 15 is 0 Å². The maximum atomic E-state index is 12.4. The van der Waals surface area contributed by atoms with Crippen molar-refractivity contribution in [3.05, 3.63) is 23.8 Å². The molecule has 1 N–H and O–H groups in total. The predicted octanol–water partition coefficient (Wildman–Crippen LogP) is 1.10. The molecule has 0 spiro atoms. The number of sulfonamides is 1. The number of rotatable bonds is 4. The van der Waals surface area contributed by atoms with Crippen molar-refractivity contribution in [2.45, 2.75) is 18.2 Å². The van der Waals surface area contributed by atoms with Crippen molar-refractivity contribution in [1.82, 2.24) is 4.31 Å². The number of carbonyl (C=O) groups is 1. The second-order valence-electron chi connectivity index (χ2n) is 4.82. The van der Waals surface area contributed by atoms with E-state index in [0.29, 0.717) is 12.2 Å². The number of hydrogen-bond acceptors (Lipinski definition) is 4. The van der Waals surface area contributed by atoms with Crippen LogP contribution in [0.5, 0.6) is 5.75 Å². The molecule has 1 aliphatic heterocycles. The SMILES string of the molecule is COc1ccc(S(=O)(=O)N2CCC(C(=O)O)C2)cc1C. The summed E-state index contributed by atoms with van der Waals surface area (Å²) in [4.78, 5) is 11.1. The number of hydrogen-bond donors (Lipinski definition) is 1. The van der Waals surface area contributed by atoms with Crippen LogP contribution in [0.3, 0.4) is 0 Å². The number of aryl methyl sites for hydroxylation is 1. The maximum absolute atomic E-state index is 12.4. The highest BCUT2D eigenvalue weighted by atomic mass is 32.2. The molecule has 1 atom stereocenters. The number of benzene rings is 1. The summed E-state index contributed by atoms with van der Waals surface area (Å²) in [7, 11) is -2.12. The van der Waals surface area contributed by atoms with Crippen LogP contribution >= 0.6 is 0 Å². The summed E-state index contributed by atoms with van der Waals surface area (Å²) in [5.41, 5.74) is 0.725. The van der Waals surface area contributed by atoms with Crippen molar-refractivity contribution in [1.29, 1.82) is 0 Å². The molecule has 1 unspecified atom stereocenters. The van der Waals surface area contributed by atoms with Gasteiger partial charge in [-0.05, 0) is 37.1 Å². The average Bonchev–Trinajstić information content (AvgIpc) is 2.89. The van der Waals surface area contributed by atoms with E-state index in [9.17, 15) is 13.2 Å². The lowest BCUT2D eigenvalue weighted by molar-refractivity contribution is -0.141. The summed E-state index contributed by atoms with van der Waals surface area (Å²) < 4.78 is 31.2. The molecule has 20 heavy (non-hydrogen) atoms. The zero-order valence-corrected chi connectivity index (χ0v) is 12.2. The highest BCUT2D eigenvalue weighted by Gasteiger charge is 2.35. The fourth-order valence-electron chi connectivity index (χ4n) is 2.31. The molecule has 1 aliphatic rings. The van der Waals surface area contributed by atoms with Crippen LogP contribution in [0.4, 0.5) is 0 Å². The molecule has 0 aliphatic carbocycles. The van der Waals surface area contributed by atoms with Crippen LogP contribution in [0.2, 0.25) is 0 Å². The van der Waals surface area contributed by atoms with Gasteiger partial charge in [-0.25, -0.2) is 8.42 Å². The van der Waals surface area contributed by atoms with E-state index in [1.807, 2.05) is 0 Å². The summed E-state index contributed by atoms with van der Waals surface area (Å²) >= 11 is 0. The first-order chi connectivity index (χ1) is 9.36. The Morgan fingerprint density at radius 2 is 2.15 bits per heavy atom. The van der Waals surface area contributed by atoms with Crippen LogP contribution in [0.15, 0.2) is 23.1 Å². The van der Waals surface area contributed by atoms with Crippen molar-refractivity contribution in [2.75, 3.05) is 20.2 Å². The molecule has 7 heteroatoms. The number of carboxylic acids is 1. The van der Waals surface area contributed by atoms with Gasteiger partial charge < -0.3 is 9.84 Å². The number of methoxy groups -OCH3 is 1. The van der Waals surface area contributed by atoms with Crippen molar-refractivity contribution < 1.29 is 23.1 Å². The molecule has 1 aromatic carbocycles. The van der Waals surface area contributed by atoms with Crippen LogP contribution in [0, 0.1) is 12.8 Å². The van der Waals surface area contributed by atoms with Crippen LogP contribution in [-0.2, 0) is 14.8 Å². The summed E-state index contributed by atoms with van der Waals surface area (Å²) in [5, 5.41) is 8.94. The third-order valence-electron chi connectivity index (χ3n) is 3.50. The first-order valence-corrected chi connectivity index (χ1v) is 7.68. The quantitative estimate of drug-likeness (QED) is 0.900. The predicted molar refractivity (Wildman–Crippen MR) is 72.2 cm³/mol. The van der Waals surface area contributed by atoms with E-state index in [0.717, 1.165) is 5.56 Å². The molecule has 110 valence electrons. The lowest BCUT2D eigenvalue weighted by Crippen LogP contribution is -2.30. The van der Waals surface area contributed by atoms with Gasteiger partial charge in [-0.2, -0.15) is 4.31 Å². The summed E-state index contributed by atoms with van der Waals surface area (Å²) in [6, 6.07) is 4.63. The minimum atomic E-state index is -3.64. The molecule has 0 amide bonds. The largest absolute Gasteiger partial charge is 0.496 e. The van der Waals surface area contributed by atoms with Crippen LogP contribution in [-0.4, -0.2) is 44.0 Å². The Hall–Kier alpha value is -1.60. The Bertz CT molecular complexity index is 626. The van der Waals surface area contributed by atoms with Crippen molar-refractivity contribution in [2.24, 2.45) is 5.92 Å². The second-order valence-corrected chi connectivity index (χ2v) is 6.76. The number of ether oxygens (including phenoxy) is 1. The van der Waals surface area contributed by atoms with Gasteiger partial charge in [-0.1, -0.05) is 0 Å². The Labute approximate surface area is 118 Å². The van der Waals surface area contributed by atoms with Gasteiger partial charge in [0.2, 0.25) is 10.0 Å². The van der Waals surface area contributed by atoms with Gasteiger partial charge in [0.1, 0.15) is 5.75 Å². The minimum Gasteiger partial charge on any atom is -0.496 e. The van der Waals surface area contributed by atoms with Gasteiger partial charge in [0.15, 0.2) is 0 Å². The molecule has 2 rings (SSSR count). The molecule has 1 saturated heterocycles. The van der Waals surface area contributed by atoms with Crippen molar-refractivity contribution in [3.8, 4) is 5.75 Å². The highest BCUT2D eigenvalue weighted by Crippen LogP contribution is 2.27. The molecule has 1 heterocycles. The first kappa shape index (κ1) is 14.8. The molecule has 0 aromatic heterocycles. The first-order valence-electron chi connectivity index (χ1n) is 6.24. The molecule has 0 radical (unpaired) electrons. The molecule has 1 aromatic rings. The van der Waals surface area contributed by atoms with E-state index in [4.69, 9.17) is 9.84 Å². The lowest BCUT2D eigenvalue weighted by atomic mass is 10.1. The topological polar surface area (TPSA) is 83.9 Å². The third kappa shape index (κ3) is 2.64. The van der Waals surface area contributed by atoms with E-state index in [1.54, 1.807) is 19.1 Å². The standard InChI is InChI=1S/C13H17NO5S/c1-9-7-11(3-4-12(9)19-2)20(17,18)14-6-5-10(8-14)13(15)16/h3-4,7,10H,5-6,8H2,1-2H3,(H,15,16). The Balaban J connectivity index is 2.27. The maximum Gasteiger partial charge on any atom is 0.307 e. The van der Waals surface area contributed by atoms with E-state index < -0.39 is 21.9 Å². The fourth-order valence-corrected chi connectivity index (χ4v) is 3.89. The molecule has 0 bridgehead atoms. The Kier molecular flexibility index (Phi) is 4.01. The fraction of sp³-hybridized carbons (Fsp3) is 0.462. The van der Waals surface area contributed by atoms with Crippen LogP contribution < -0.4 is 4.74 Å². The van der Waals surface area contributed by atoms with Crippen LogP contribution in [0.25, 0.3) is 0 Å². The smallest absolute Gasteiger partial charge is 0.307 e. The Morgan fingerprint density at radius 1 is 1.45 bits per heavy atom. The monoisotopic (exact) mass is 299 g/mol. The van der Waals surface area contributed by atoms with E-state index in [1.165, 1.54) is 17.5 Å². The molecular weight excluding hydrogens is 282 g/mol. The third-order valence-corrected chi connectivity index (χ3v) is 5.37. The summed E-state index contributed by atoms with van der Waals surface area (Å²) in [5.74, 6) is -0.952. The highest BCUT2D eigenvalue weighted by molar-refractivity contribution is 7.89. The number of nitrogens with zero attached hydrogens (tertiary/aromatic N) is 1. The van der Waals surface area contributed by atoms with Crippen LogP contribution in [0.1, 0.15) is 12.0 Å². The minimum absolute atomic E-state index is 0.0305. The molecular formula is C13H17NO5S. The lowest BCUT2D eigenvalue weighted by Gasteiger charge is -2.17. The van der Waals surface area contributed by atoms with Gasteiger partial charge in [0.05, 0.1) is 17.9 Å². The average molecular weight is 299 g/mol. The van der Waals surface area contributed by atoms with Gasteiger partial charge in [0, 0.05) is 13.1 Å². The zero-order chi connectivity index (χ0) is 14.9. The number of carboxylic acid groups (broad SMARTS) is 1. The second kappa shape index (κ2) is 5.41. The molecule has 6 nitrogen and oxygen atoms in total. The van der Waals surface area contributed by atoms with Gasteiger partial charge in [-0.3, -0.25) is 4.79 Å². The van der Waals surface area contributed by atoms with E-state index in [2.05, 4.69) is 0 Å². The molecule has 1 fully saturated rings. The van der Waals surface area contributed by atoms with Crippen molar-refractivity contribution in [3.63, 3.8) is 0 Å². The van der Waals surface area contributed by atoms with Gasteiger partial charge in [-0.15, -0.1) is 0 Å². The van der Waals surface area contributed by atoms with Gasteiger partial charge >= 0.3 is 5.97 Å². The summed E-state index contributed by atoms with van der Waals surface area (Å²) in [6.07, 6.45) is 0.351. The zero-order valence-electron chi connectivity index (χ0n) is 11.4. The summed E-state index contributed by atoms with van der Waals surface area (Å²) in [6.45, 7) is 2.04.